The zero-order chi connectivity index (χ0) is 20.0. The molecule has 0 aromatic heterocycles. The molecule has 1 atom stereocenters. The fourth-order valence-corrected chi connectivity index (χ4v) is 6.69. The fraction of sp³-hybridized carbons (Fsp3) is 0.429. The van der Waals surface area contributed by atoms with E-state index in [2.05, 4.69) is 27.6 Å². The normalized spacial score (nSPS) is 25.1. The number of nitrogens with one attached hydrogen (secondary N) is 1. The monoisotopic (exact) mass is 411 g/mol. The van der Waals surface area contributed by atoms with E-state index in [1.807, 2.05) is 16.8 Å². The number of hydrogen-bond acceptors (Lipinski definition) is 6. The van der Waals surface area contributed by atoms with Crippen molar-refractivity contribution < 1.29 is 8.42 Å². The van der Waals surface area contributed by atoms with Gasteiger partial charge in [0.25, 0.3) is 0 Å². The van der Waals surface area contributed by atoms with Crippen LogP contribution >= 0.6 is 0 Å². The first-order valence-corrected chi connectivity index (χ1v) is 11.8. The molecule has 0 spiro atoms. The van der Waals surface area contributed by atoms with E-state index < -0.39 is 9.84 Å². The molecule has 0 radical (unpaired) electrons. The van der Waals surface area contributed by atoms with E-state index in [0.29, 0.717) is 10.8 Å². The summed E-state index contributed by atoms with van der Waals surface area (Å²) in [4.78, 5) is 9.18. The van der Waals surface area contributed by atoms with E-state index in [9.17, 15) is 8.42 Å². The Labute approximate surface area is 171 Å². The molecule has 152 valence electrons. The second kappa shape index (κ2) is 7.11. The van der Waals surface area contributed by atoms with E-state index in [0.717, 1.165) is 37.1 Å². The second-order valence-corrected chi connectivity index (χ2v) is 10.2. The van der Waals surface area contributed by atoms with Gasteiger partial charge in [0, 0.05) is 18.8 Å². The average Bonchev–Trinajstić information content (AvgIpc) is 3.32. The Bertz CT molecular complexity index is 1070. The molecule has 3 aliphatic heterocycles. The van der Waals surface area contributed by atoms with E-state index in [-0.39, 0.29) is 17.7 Å². The van der Waals surface area contributed by atoms with Gasteiger partial charge in [0.1, 0.15) is 6.33 Å². The lowest BCUT2D eigenvalue weighted by molar-refractivity contribution is 0.164. The summed E-state index contributed by atoms with van der Waals surface area (Å²) >= 11 is 0. The summed E-state index contributed by atoms with van der Waals surface area (Å²) < 4.78 is 27.5. The van der Waals surface area contributed by atoms with Gasteiger partial charge in [-0.2, -0.15) is 0 Å². The first kappa shape index (κ1) is 18.6. The van der Waals surface area contributed by atoms with Crippen LogP contribution < -0.4 is 5.53 Å². The van der Waals surface area contributed by atoms with Gasteiger partial charge in [-0.25, -0.2) is 28.1 Å². The predicted octanol–water partition coefficient (Wildman–Crippen LogP) is 3.11. The lowest BCUT2D eigenvalue weighted by Gasteiger charge is -2.34. The zero-order valence-corrected chi connectivity index (χ0v) is 17.2. The van der Waals surface area contributed by atoms with Gasteiger partial charge in [0.2, 0.25) is 0 Å². The van der Waals surface area contributed by atoms with Gasteiger partial charge in [-0.05, 0) is 55.7 Å². The number of sulfone groups is 1. The van der Waals surface area contributed by atoms with Crippen molar-refractivity contribution in [1.82, 2.24) is 19.7 Å². The summed E-state index contributed by atoms with van der Waals surface area (Å²) in [5, 5.41) is 2.15. The number of hydrogen-bond donors (Lipinski definition) is 1. The van der Waals surface area contributed by atoms with Crippen molar-refractivity contribution in [2.75, 3.05) is 18.3 Å². The Balaban J connectivity index is 1.30. The lowest BCUT2D eigenvalue weighted by atomic mass is 9.77. The molecule has 7 nitrogen and oxygen atoms in total. The molecule has 5 rings (SSSR count). The average molecular weight is 412 g/mol. The van der Waals surface area contributed by atoms with Crippen LogP contribution in [0.2, 0.25) is 0 Å². The van der Waals surface area contributed by atoms with Crippen LogP contribution in [0.5, 0.6) is 0 Å². The minimum Gasteiger partial charge on any atom is -0.255 e. The summed E-state index contributed by atoms with van der Waals surface area (Å²) in [5.41, 5.74) is 5.65. The quantitative estimate of drug-likeness (QED) is 0.711. The van der Waals surface area contributed by atoms with E-state index in [1.165, 1.54) is 5.69 Å². The predicted molar refractivity (Wildman–Crippen MR) is 110 cm³/mol. The van der Waals surface area contributed by atoms with Crippen molar-refractivity contribution in [3.05, 3.63) is 54.6 Å². The first-order chi connectivity index (χ1) is 14.0. The number of hydrazine groups is 1. The van der Waals surface area contributed by atoms with Gasteiger partial charge in [0.05, 0.1) is 22.4 Å². The maximum absolute atomic E-state index is 12.7. The number of rotatable bonds is 4. The van der Waals surface area contributed by atoms with E-state index in [1.54, 1.807) is 36.8 Å². The van der Waals surface area contributed by atoms with Crippen LogP contribution in [0.4, 0.5) is 0 Å². The number of fused-ring (bicyclic) bond motifs is 3. The molecule has 29 heavy (non-hydrogen) atoms. The topological polar surface area (TPSA) is 80.1 Å². The Morgan fingerprint density at radius 3 is 2.59 bits per heavy atom. The van der Waals surface area contributed by atoms with Crippen LogP contribution in [0.25, 0.3) is 11.4 Å². The molecule has 1 aromatic carbocycles. The summed E-state index contributed by atoms with van der Waals surface area (Å²) in [6.45, 7) is 0. The molecular formula is C21H25N5O2S. The van der Waals surface area contributed by atoms with Crippen molar-refractivity contribution in [1.29, 1.82) is 0 Å². The van der Waals surface area contributed by atoms with Crippen molar-refractivity contribution in [3.63, 3.8) is 0 Å². The first-order valence-electron chi connectivity index (χ1n) is 10.1. The second-order valence-electron chi connectivity index (χ2n) is 8.21. The van der Waals surface area contributed by atoms with Crippen molar-refractivity contribution >= 4 is 9.84 Å². The van der Waals surface area contributed by atoms with E-state index >= 15 is 0 Å². The molecule has 1 fully saturated rings. The molecule has 1 saturated carbocycles. The summed E-state index contributed by atoms with van der Waals surface area (Å²) in [6.07, 6.45) is 7.51. The fourth-order valence-electron chi connectivity index (χ4n) is 4.98. The molecule has 8 heteroatoms. The van der Waals surface area contributed by atoms with Crippen LogP contribution in [-0.2, 0) is 9.84 Å². The van der Waals surface area contributed by atoms with Crippen LogP contribution in [0.1, 0.15) is 37.4 Å². The Morgan fingerprint density at radius 1 is 1.07 bits per heavy atom. The van der Waals surface area contributed by atoms with Gasteiger partial charge in [0.15, 0.2) is 15.7 Å². The number of aromatic nitrogens is 3. The molecule has 1 aromatic rings. The van der Waals surface area contributed by atoms with Gasteiger partial charge in [-0.3, -0.25) is 5.53 Å². The highest BCUT2D eigenvalue weighted by Gasteiger charge is 2.39. The number of benzene rings is 1. The van der Waals surface area contributed by atoms with Gasteiger partial charge in [-0.15, -0.1) is 0 Å². The van der Waals surface area contributed by atoms with Gasteiger partial charge >= 0.3 is 0 Å². The molecule has 1 N–H and O–H groups in total. The highest BCUT2D eigenvalue weighted by molar-refractivity contribution is 7.91. The summed E-state index contributed by atoms with van der Waals surface area (Å²) in [5.74, 6) is 1.72. The third kappa shape index (κ3) is 3.30. The highest BCUT2D eigenvalue weighted by atomic mass is 32.2. The summed E-state index contributed by atoms with van der Waals surface area (Å²) in [6, 6.07) is 11.1. The molecule has 0 saturated heterocycles. The molecule has 3 heterocycles. The standard InChI is InChI=1S/C21H25N5O2S/c1-25-19(20-18-11-12-22-21(18)23-14-26(20)24-25)16-9-7-15(8-10-16)13-29(27,28)17-5-3-2-4-6-17/h2-6,11-12,14-16,19,24H,7-10,13H2,1H3. The maximum Gasteiger partial charge on any atom is 0.178 e. The lowest BCUT2D eigenvalue weighted by Crippen LogP contribution is -2.33. The van der Waals surface area contributed by atoms with Gasteiger partial charge < -0.3 is 0 Å². The third-order valence-corrected chi connectivity index (χ3v) is 8.27. The van der Waals surface area contributed by atoms with Crippen molar-refractivity contribution in [2.45, 2.75) is 36.6 Å². The Hall–Kier alpha value is -2.45. The minimum absolute atomic E-state index is 0.223. The molecule has 1 unspecified atom stereocenters. The third-order valence-electron chi connectivity index (χ3n) is 6.37. The molecule has 1 aliphatic carbocycles. The van der Waals surface area contributed by atoms with Crippen molar-refractivity contribution in [3.8, 4) is 11.4 Å². The Kier molecular flexibility index (Phi) is 4.55. The SMILES string of the molecule is CN1Nn2cnc3nccc-3c2C1C1CCC(CS(=O)(=O)c2ccccc2)CC1. The number of nitrogens with zero attached hydrogens (tertiary/aromatic N) is 4. The smallest absolute Gasteiger partial charge is 0.178 e. The van der Waals surface area contributed by atoms with Gasteiger partial charge in [-0.1, -0.05) is 18.2 Å². The van der Waals surface area contributed by atoms with Crippen LogP contribution in [0, 0.1) is 11.8 Å². The Morgan fingerprint density at radius 2 is 1.83 bits per heavy atom. The molecular weight excluding hydrogens is 386 g/mol. The minimum atomic E-state index is -3.22. The molecule has 0 amide bonds. The largest absolute Gasteiger partial charge is 0.255 e. The van der Waals surface area contributed by atoms with Crippen LogP contribution in [0.3, 0.4) is 0 Å². The molecule has 0 bridgehead atoms. The molecule has 4 aliphatic rings. The maximum atomic E-state index is 12.7. The highest BCUT2D eigenvalue weighted by Crippen LogP contribution is 2.44. The summed E-state index contributed by atoms with van der Waals surface area (Å²) in [7, 11) is -1.16. The van der Waals surface area contributed by atoms with E-state index in [4.69, 9.17) is 0 Å². The van der Waals surface area contributed by atoms with Crippen molar-refractivity contribution in [2.24, 2.45) is 11.8 Å². The van der Waals surface area contributed by atoms with Crippen LogP contribution in [0.15, 0.2) is 53.8 Å². The zero-order valence-electron chi connectivity index (χ0n) is 16.4. The van der Waals surface area contributed by atoms with Crippen LogP contribution in [-0.4, -0.2) is 40.9 Å².